The highest BCUT2D eigenvalue weighted by Crippen LogP contribution is 2.50. The van der Waals surface area contributed by atoms with E-state index in [0.717, 1.165) is 23.4 Å². The SMILES string of the molecule is COc1cccc(C2Nc3ccc(C(=O)N4CCOCC4)cc3C3C=CCC32)c1. The summed E-state index contributed by atoms with van der Waals surface area (Å²) in [5.41, 5.74) is 4.35. The molecule has 1 saturated heterocycles. The van der Waals surface area contributed by atoms with Gasteiger partial charge in [-0.3, -0.25) is 4.79 Å². The molecule has 1 aliphatic carbocycles. The van der Waals surface area contributed by atoms with Gasteiger partial charge in [-0.1, -0.05) is 24.3 Å². The molecule has 2 aromatic carbocycles. The van der Waals surface area contributed by atoms with Crippen LogP contribution in [0.5, 0.6) is 5.75 Å². The third-order valence-electron chi connectivity index (χ3n) is 6.36. The maximum Gasteiger partial charge on any atom is 0.254 e. The van der Waals surface area contributed by atoms with E-state index < -0.39 is 0 Å². The lowest BCUT2D eigenvalue weighted by Crippen LogP contribution is -2.40. The van der Waals surface area contributed by atoms with Gasteiger partial charge in [-0.25, -0.2) is 0 Å². The number of hydrogen-bond acceptors (Lipinski definition) is 4. The lowest BCUT2D eigenvalue weighted by molar-refractivity contribution is 0.0303. The second-order valence-electron chi connectivity index (χ2n) is 7.96. The fourth-order valence-electron chi connectivity index (χ4n) is 4.84. The maximum atomic E-state index is 13.0. The van der Waals surface area contributed by atoms with Crippen molar-refractivity contribution in [2.45, 2.75) is 18.4 Å². The Balaban J connectivity index is 1.47. The van der Waals surface area contributed by atoms with Gasteiger partial charge in [-0.15, -0.1) is 0 Å². The Morgan fingerprint density at radius 1 is 1.17 bits per heavy atom. The van der Waals surface area contributed by atoms with Crippen LogP contribution >= 0.6 is 0 Å². The molecule has 3 unspecified atom stereocenters. The van der Waals surface area contributed by atoms with Crippen molar-refractivity contribution in [3.05, 3.63) is 71.3 Å². The standard InChI is InChI=1S/C24H26N2O3/c1-28-18-5-2-4-16(14-18)23-20-7-3-6-19(20)21-15-17(8-9-22(21)25-23)24(27)26-10-12-29-13-11-26/h2-6,8-9,14-15,19-20,23,25H,7,10-13H2,1H3. The second-order valence-corrected chi connectivity index (χ2v) is 7.96. The Kier molecular flexibility index (Phi) is 4.76. The van der Waals surface area contributed by atoms with Crippen molar-refractivity contribution in [2.24, 2.45) is 5.92 Å². The van der Waals surface area contributed by atoms with Crippen LogP contribution in [0.15, 0.2) is 54.6 Å². The molecule has 0 saturated carbocycles. The van der Waals surface area contributed by atoms with E-state index in [0.29, 0.717) is 38.1 Å². The number of nitrogens with zero attached hydrogens (tertiary/aromatic N) is 1. The highest BCUT2D eigenvalue weighted by atomic mass is 16.5. The highest BCUT2D eigenvalue weighted by molar-refractivity contribution is 5.95. The smallest absolute Gasteiger partial charge is 0.254 e. The fraction of sp³-hybridized carbons (Fsp3) is 0.375. The Bertz CT molecular complexity index is 949. The first kappa shape index (κ1) is 18.3. The summed E-state index contributed by atoms with van der Waals surface area (Å²) >= 11 is 0. The average molecular weight is 390 g/mol. The number of amides is 1. The molecule has 3 atom stereocenters. The number of anilines is 1. The number of fused-ring (bicyclic) bond motifs is 3. The van der Waals surface area contributed by atoms with Crippen LogP contribution in [0, 0.1) is 5.92 Å². The molecule has 150 valence electrons. The lowest BCUT2D eigenvalue weighted by Gasteiger charge is -2.38. The number of methoxy groups -OCH3 is 1. The van der Waals surface area contributed by atoms with Crippen LogP contribution in [0.25, 0.3) is 0 Å². The van der Waals surface area contributed by atoms with E-state index in [1.807, 2.05) is 23.1 Å². The largest absolute Gasteiger partial charge is 0.497 e. The number of hydrogen-bond donors (Lipinski definition) is 1. The lowest BCUT2D eigenvalue weighted by atomic mass is 9.76. The van der Waals surface area contributed by atoms with E-state index in [1.165, 1.54) is 11.1 Å². The number of allylic oxidation sites excluding steroid dienone is 2. The summed E-state index contributed by atoms with van der Waals surface area (Å²) in [4.78, 5) is 14.8. The van der Waals surface area contributed by atoms with E-state index in [1.54, 1.807) is 7.11 Å². The van der Waals surface area contributed by atoms with Crippen molar-refractivity contribution in [3.8, 4) is 5.75 Å². The van der Waals surface area contributed by atoms with Crippen LogP contribution in [0.1, 0.15) is 39.9 Å². The first-order valence-corrected chi connectivity index (χ1v) is 10.3. The van der Waals surface area contributed by atoms with E-state index in [2.05, 4.69) is 41.7 Å². The quantitative estimate of drug-likeness (QED) is 0.805. The Hall–Kier alpha value is -2.79. The first-order valence-electron chi connectivity index (χ1n) is 10.3. The molecule has 0 spiro atoms. The van der Waals surface area contributed by atoms with Gasteiger partial charge in [0.05, 0.1) is 26.4 Å². The Morgan fingerprint density at radius 2 is 2.03 bits per heavy atom. The zero-order valence-corrected chi connectivity index (χ0v) is 16.6. The molecule has 1 N–H and O–H groups in total. The molecule has 1 amide bonds. The second kappa shape index (κ2) is 7.56. The third-order valence-corrected chi connectivity index (χ3v) is 6.36. The number of ether oxygens (including phenoxy) is 2. The number of morpholine rings is 1. The third kappa shape index (κ3) is 3.29. The van der Waals surface area contributed by atoms with Crippen LogP contribution in [-0.4, -0.2) is 44.2 Å². The summed E-state index contributed by atoms with van der Waals surface area (Å²) in [6, 6.07) is 14.6. The van der Waals surface area contributed by atoms with Gasteiger partial charge in [-0.05, 0) is 53.8 Å². The summed E-state index contributed by atoms with van der Waals surface area (Å²) < 4.78 is 10.8. The Labute approximate surface area is 171 Å². The number of rotatable bonds is 3. The fourth-order valence-corrected chi connectivity index (χ4v) is 4.84. The number of nitrogens with one attached hydrogen (secondary N) is 1. The molecule has 5 nitrogen and oxygen atoms in total. The van der Waals surface area contributed by atoms with Crippen molar-refractivity contribution in [3.63, 3.8) is 0 Å². The summed E-state index contributed by atoms with van der Waals surface area (Å²) in [5.74, 6) is 1.73. The van der Waals surface area contributed by atoms with Gasteiger partial charge in [-0.2, -0.15) is 0 Å². The normalized spacial score (nSPS) is 25.1. The van der Waals surface area contributed by atoms with Gasteiger partial charge in [0.15, 0.2) is 0 Å². The van der Waals surface area contributed by atoms with Crippen LogP contribution < -0.4 is 10.1 Å². The van der Waals surface area contributed by atoms with E-state index in [-0.39, 0.29) is 11.9 Å². The van der Waals surface area contributed by atoms with E-state index in [9.17, 15) is 4.79 Å². The van der Waals surface area contributed by atoms with Gasteiger partial charge in [0, 0.05) is 30.3 Å². The number of benzene rings is 2. The minimum absolute atomic E-state index is 0.101. The van der Waals surface area contributed by atoms with Crippen LogP contribution in [0.4, 0.5) is 5.69 Å². The molecule has 5 heteroatoms. The molecule has 29 heavy (non-hydrogen) atoms. The predicted molar refractivity (Wildman–Crippen MR) is 113 cm³/mol. The topological polar surface area (TPSA) is 50.8 Å². The molecular weight excluding hydrogens is 364 g/mol. The molecule has 0 aromatic heterocycles. The van der Waals surface area contributed by atoms with Crippen LogP contribution in [0.3, 0.4) is 0 Å². The molecule has 2 heterocycles. The minimum Gasteiger partial charge on any atom is -0.497 e. The summed E-state index contributed by atoms with van der Waals surface area (Å²) in [7, 11) is 1.70. The van der Waals surface area contributed by atoms with Gasteiger partial charge in [0.1, 0.15) is 5.75 Å². The number of carbonyl (C=O) groups excluding carboxylic acids is 1. The summed E-state index contributed by atoms with van der Waals surface area (Å²) in [5, 5.41) is 3.74. The van der Waals surface area contributed by atoms with Crippen LogP contribution in [0.2, 0.25) is 0 Å². The molecule has 1 fully saturated rings. The van der Waals surface area contributed by atoms with Gasteiger partial charge < -0.3 is 19.7 Å². The summed E-state index contributed by atoms with van der Waals surface area (Å²) in [6.45, 7) is 2.57. The molecule has 2 aliphatic heterocycles. The zero-order valence-electron chi connectivity index (χ0n) is 16.6. The summed E-state index contributed by atoms with van der Waals surface area (Å²) in [6.07, 6.45) is 5.61. The van der Waals surface area contributed by atoms with E-state index >= 15 is 0 Å². The zero-order chi connectivity index (χ0) is 19.8. The molecule has 0 radical (unpaired) electrons. The van der Waals surface area contributed by atoms with Crippen molar-refractivity contribution in [1.29, 1.82) is 0 Å². The van der Waals surface area contributed by atoms with Crippen molar-refractivity contribution in [2.75, 3.05) is 38.7 Å². The predicted octanol–water partition coefficient (Wildman–Crippen LogP) is 3.99. The van der Waals surface area contributed by atoms with E-state index in [4.69, 9.17) is 9.47 Å². The van der Waals surface area contributed by atoms with Crippen molar-refractivity contribution < 1.29 is 14.3 Å². The highest BCUT2D eigenvalue weighted by Gasteiger charge is 2.38. The van der Waals surface area contributed by atoms with Gasteiger partial charge in [0.25, 0.3) is 5.91 Å². The molecule has 2 aromatic rings. The monoisotopic (exact) mass is 390 g/mol. The minimum atomic E-state index is 0.101. The van der Waals surface area contributed by atoms with Crippen molar-refractivity contribution >= 4 is 11.6 Å². The molecule has 3 aliphatic rings. The van der Waals surface area contributed by atoms with Crippen LogP contribution in [-0.2, 0) is 4.74 Å². The number of carbonyl (C=O) groups is 1. The maximum absolute atomic E-state index is 13.0. The van der Waals surface area contributed by atoms with Gasteiger partial charge >= 0.3 is 0 Å². The average Bonchev–Trinajstić information content (AvgIpc) is 3.28. The molecule has 5 rings (SSSR count). The first-order chi connectivity index (χ1) is 14.2. The molecular formula is C24H26N2O3. The Morgan fingerprint density at radius 3 is 2.86 bits per heavy atom. The van der Waals surface area contributed by atoms with Gasteiger partial charge in [0.2, 0.25) is 0 Å². The molecule has 0 bridgehead atoms. The van der Waals surface area contributed by atoms with Crippen molar-refractivity contribution in [1.82, 2.24) is 4.90 Å².